The molecule has 0 saturated heterocycles. The molecule has 0 rings (SSSR count). The van der Waals surface area contributed by atoms with Gasteiger partial charge in [-0.05, 0) is 33.1 Å². The molecule has 0 heterocycles. The Morgan fingerprint density at radius 2 is 1.70 bits per heavy atom. The van der Waals surface area contributed by atoms with Gasteiger partial charge in [-0.2, -0.15) is 0 Å². The Bertz CT molecular complexity index is 359. The fraction of sp³-hybridized carbons (Fsp3) is 0.786. The summed E-state index contributed by atoms with van der Waals surface area (Å²) in [5.74, 6) is -1.24. The van der Waals surface area contributed by atoms with Crippen molar-refractivity contribution in [2.45, 2.75) is 65.5 Å². The summed E-state index contributed by atoms with van der Waals surface area (Å²) in [7, 11) is 0. The number of esters is 1. The highest BCUT2D eigenvalue weighted by Crippen LogP contribution is 2.10. The molecule has 6 nitrogen and oxygen atoms in total. The molecule has 3 N–H and O–H groups in total. The first-order valence-corrected chi connectivity index (χ1v) is 6.83. The molecule has 0 spiro atoms. The third-order valence-corrected chi connectivity index (χ3v) is 2.49. The normalized spacial score (nSPS) is 12.9. The van der Waals surface area contributed by atoms with E-state index in [1.165, 1.54) is 0 Å². The van der Waals surface area contributed by atoms with Gasteiger partial charge in [0.15, 0.2) is 0 Å². The van der Waals surface area contributed by atoms with Crippen LogP contribution in [0, 0.1) is 5.92 Å². The van der Waals surface area contributed by atoms with Crippen LogP contribution in [0.1, 0.15) is 53.9 Å². The van der Waals surface area contributed by atoms with E-state index in [0.717, 1.165) is 0 Å². The quantitative estimate of drug-likeness (QED) is 0.685. The number of amides is 2. The second kappa shape index (κ2) is 7.87. The zero-order valence-electron chi connectivity index (χ0n) is 13.0. The molecule has 1 unspecified atom stereocenters. The maximum absolute atomic E-state index is 11.7. The molecule has 0 aliphatic carbocycles. The average molecular weight is 286 g/mol. The van der Waals surface area contributed by atoms with Crippen LogP contribution in [-0.2, 0) is 19.1 Å². The van der Waals surface area contributed by atoms with E-state index in [-0.39, 0.29) is 30.6 Å². The molecule has 2 amide bonds. The van der Waals surface area contributed by atoms with Crippen LogP contribution in [-0.4, -0.2) is 29.4 Å². The number of nitrogens with one attached hydrogen (secondary N) is 1. The molecule has 116 valence electrons. The number of primary amides is 1. The van der Waals surface area contributed by atoms with Crippen LogP contribution in [0.25, 0.3) is 0 Å². The minimum atomic E-state index is -0.677. The molecule has 0 aromatic rings. The maximum Gasteiger partial charge on any atom is 0.306 e. The second-order valence-electron chi connectivity index (χ2n) is 6.13. The van der Waals surface area contributed by atoms with E-state index in [4.69, 9.17) is 10.5 Å². The molecular weight excluding hydrogens is 260 g/mol. The largest absolute Gasteiger partial charge is 0.460 e. The van der Waals surface area contributed by atoms with Crippen molar-refractivity contribution in [1.82, 2.24) is 5.32 Å². The zero-order valence-corrected chi connectivity index (χ0v) is 13.0. The summed E-state index contributed by atoms with van der Waals surface area (Å²) in [4.78, 5) is 34.3. The number of hydrogen-bond acceptors (Lipinski definition) is 4. The highest BCUT2D eigenvalue weighted by atomic mass is 16.6. The van der Waals surface area contributed by atoms with E-state index in [1.54, 1.807) is 34.6 Å². The van der Waals surface area contributed by atoms with Crippen molar-refractivity contribution in [3.05, 3.63) is 0 Å². The number of carbonyl (C=O) groups excluding carboxylic acids is 3. The van der Waals surface area contributed by atoms with Crippen LogP contribution in [0.4, 0.5) is 0 Å². The maximum atomic E-state index is 11.7. The smallest absolute Gasteiger partial charge is 0.306 e. The van der Waals surface area contributed by atoms with Crippen LogP contribution in [0.15, 0.2) is 0 Å². The number of nitrogens with two attached hydrogens (primary N) is 1. The van der Waals surface area contributed by atoms with E-state index in [2.05, 4.69) is 5.32 Å². The van der Waals surface area contributed by atoms with Gasteiger partial charge in [0.1, 0.15) is 11.6 Å². The first kappa shape index (κ1) is 18.4. The minimum Gasteiger partial charge on any atom is -0.460 e. The molecule has 1 atom stereocenters. The Balaban J connectivity index is 4.06. The molecule has 0 aromatic carbocycles. The van der Waals surface area contributed by atoms with E-state index < -0.39 is 17.6 Å². The summed E-state index contributed by atoms with van der Waals surface area (Å²) < 4.78 is 5.13. The van der Waals surface area contributed by atoms with Gasteiger partial charge in [0, 0.05) is 12.8 Å². The van der Waals surface area contributed by atoms with Gasteiger partial charge in [0.25, 0.3) is 0 Å². The molecule has 0 bridgehead atoms. The van der Waals surface area contributed by atoms with Crippen molar-refractivity contribution in [2.24, 2.45) is 11.7 Å². The van der Waals surface area contributed by atoms with Crippen LogP contribution >= 0.6 is 0 Å². The first-order chi connectivity index (χ1) is 9.03. The predicted octanol–water partition coefficient (Wildman–Crippen LogP) is 1.12. The number of ether oxygens (including phenoxy) is 1. The third kappa shape index (κ3) is 8.50. The number of carbonyl (C=O) groups is 3. The zero-order chi connectivity index (χ0) is 15.9. The summed E-state index contributed by atoms with van der Waals surface area (Å²) in [6.45, 7) is 8.97. The summed E-state index contributed by atoms with van der Waals surface area (Å²) in [5.41, 5.74) is 4.68. The van der Waals surface area contributed by atoms with Gasteiger partial charge in [0.05, 0.1) is 0 Å². The van der Waals surface area contributed by atoms with Gasteiger partial charge < -0.3 is 15.8 Å². The van der Waals surface area contributed by atoms with Crippen molar-refractivity contribution < 1.29 is 19.1 Å². The minimum absolute atomic E-state index is 0.0673. The monoisotopic (exact) mass is 286 g/mol. The fourth-order valence-electron chi connectivity index (χ4n) is 1.60. The van der Waals surface area contributed by atoms with Crippen molar-refractivity contribution in [3.8, 4) is 0 Å². The van der Waals surface area contributed by atoms with Gasteiger partial charge in [-0.1, -0.05) is 13.8 Å². The molecule has 0 aromatic heterocycles. The Morgan fingerprint density at radius 3 is 2.10 bits per heavy atom. The van der Waals surface area contributed by atoms with Crippen molar-refractivity contribution >= 4 is 17.8 Å². The lowest BCUT2D eigenvalue weighted by Crippen LogP contribution is -2.47. The molecular formula is C14H26N2O4. The lowest BCUT2D eigenvalue weighted by atomic mass is 10.0. The predicted molar refractivity (Wildman–Crippen MR) is 75.7 cm³/mol. The van der Waals surface area contributed by atoms with Crippen molar-refractivity contribution in [1.29, 1.82) is 0 Å². The van der Waals surface area contributed by atoms with Gasteiger partial charge >= 0.3 is 5.97 Å². The Kier molecular flexibility index (Phi) is 7.24. The third-order valence-electron chi connectivity index (χ3n) is 2.49. The summed E-state index contributed by atoms with van der Waals surface area (Å²) in [5, 5.41) is 2.57. The average Bonchev–Trinajstić information content (AvgIpc) is 2.22. The molecule has 6 heteroatoms. The van der Waals surface area contributed by atoms with E-state index in [1.807, 2.05) is 0 Å². The van der Waals surface area contributed by atoms with Gasteiger partial charge in [-0.3, -0.25) is 14.4 Å². The van der Waals surface area contributed by atoms with Crippen LogP contribution in [0.2, 0.25) is 0 Å². The topological polar surface area (TPSA) is 98.5 Å². The first-order valence-electron chi connectivity index (χ1n) is 6.83. The molecule has 0 aliphatic rings. The molecule has 0 aliphatic heterocycles. The van der Waals surface area contributed by atoms with Gasteiger partial charge in [-0.25, -0.2) is 0 Å². The second-order valence-corrected chi connectivity index (χ2v) is 6.13. The summed E-state index contributed by atoms with van der Waals surface area (Å²) in [6.07, 6.45) is 0.716. The Hall–Kier alpha value is -1.59. The van der Waals surface area contributed by atoms with E-state index in [9.17, 15) is 14.4 Å². The molecule has 0 radical (unpaired) electrons. The Labute approximate surface area is 120 Å². The van der Waals surface area contributed by atoms with Gasteiger partial charge in [-0.15, -0.1) is 0 Å². The summed E-state index contributed by atoms with van der Waals surface area (Å²) >= 11 is 0. The van der Waals surface area contributed by atoms with Crippen LogP contribution in [0.5, 0.6) is 0 Å². The van der Waals surface area contributed by atoms with Crippen LogP contribution < -0.4 is 11.1 Å². The highest BCUT2D eigenvalue weighted by molar-refractivity contribution is 5.86. The van der Waals surface area contributed by atoms with E-state index >= 15 is 0 Å². The van der Waals surface area contributed by atoms with Crippen molar-refractivity contribution in [2.75, 3.05) is 0 Å². The Morgan fingerprint density at radius 1 is 1.15 bits per heavy atom. The highest BCUT2D eigenvalue weighted by Gasteiger charge is 2.21. The molecule has 0 saturated carbocycles. The van der Waals surface area contributed by atoms with Crippen molar-refractivity contribution in [3.63, 3.8) is 0 Å². The number of rotatable bonds is 7. The summed E-state index contributed by atoms with van der Waals surface area (Å²) in [6, 6.07) is -0.677. The lowest BCUT2D eigenvalue weighted by Gasteiger charge is -2.20. The van der Waals surface area contributed by atoms with E-state index in [0.29, 0.717) is 6.42 Å². The molecule has 20 heavy (non-hydrogen) atoms. The standard InChI is InChI=1S/C14H26N2O4/c1-9(2)12(13(15)19)16-10(17)7-6-8-11(18)20-14(3,4)5/h9,12H,6-8H2,1-5H3,(H2,15,19)(H,16,17). The molecule has 0 fully saturated rings. The van der Waals surface area contributed by atoms with Gasteiger partial charge in [0.2, 0.25) is 11.8 Å². The lowest BCUT2D eigenvalue weighted by molar-refractivity contribution is -0.154. The number of hydrogen-bond donors (Lipinski definition) is 2. The fourth-order valence-corrected chi connectivity index (χ4v) is 1.60. The SMILES string of the molecule is CC(C)C(NC(=O)CCCC(=O)OC(C)(C)C)C(N)=O. The van der Waals surface area contributed by atoms with Crippen LogP contribution in [0.3, 0.4) is 0 Å².